The van der Waals surface area contributed by atoms with Crippen LogP contribution in [0.15, 0.2) is 48.7 Å². The van der Waals surface area contributed by atoms with Gasteiger partial charge in [-0.1, -0.05) is 29.8 Å². The van der Waals surface area contributed by atoms with E-state index in [0.717, 1.165) is 40.6 Å². The quantitative estimate of drug-likeness (QED) is 0.676. The second-order valence-corrected chi connectivity index (χ2v) is 6.27. The van der Waals surface area contributed by atoms with Gasteiger partial charge >= 0.3 is 6.09 Å². The molecule has 0 spiro atoms. The SMILES string of the molecule is COc1ccc2[nH]cc(CCNC(=O)OCCc3ccc(C)cc3)c2c1. The molecular formula is C21H24N2O3. The predicted octanol–water partition coefficient (Wildman–Crippen LogP) is 4.00. The van der Waals surface area contributed by atoms with E-state index in [2.05, 4.69) is 41.5 Å². The van der Waals surface area contributed by atoms with Crippen molar-refractivity contribution < 1.29 is 14.3 Å². The van der Waals surface area contributed by atoms with E-state index in [-0.39, 0.29) is 6.09 Å². The van der Waals surface area contributed by atoms with Crippen molar-refractivity contribution in [1.82, 2.24) is 10.3 Å². The van der Waals surface area contributed by atoms with Crippen molar-refractivity contribution in [3.8, 4) is 5.75 Å². The maximum atomic E-state index is 11.8. The third kappa shape index (κ3) is 4.57. The number of rotatable bonds is 7. The molecule has 0 unspecified atom stereocenters. The first-order valence-corrected chi connectivity index (χ1v) is 8.76. The van der Waals surface area contributed by atoms with Crippen molar-refractivity contribution >= 4 is 17.0 Å². The minimum atomic E-state index is -0.380. The normalized spacial score (nSPS) is 10.7. The number of fused-ring (bicyclic) bond motifs is 1. The fraction of sp³-hybridized carbons (Fsp3) is 0.286. The molecule has 0 atom stereocenters. The van der Waals surface area contributed by atoms with E-state index in [9.17, 15) is 4.79 Å². The summed E-state index contributed by atoms with van der Waals surface area (Å²) in [6, 6.07) is 14.2. The van der Waals surface area contributed by atoms with Crippen LogP contribution in [-0.4, -0.2) is 31.3 Å². The van der Waals surface area contributed by atoms with Crippen molar-refractivity contribution in [2.24, 2.45) is 0 Å². The lowest BCUT2D eigenvalue weighted by atomic mass is 10.1. The Labute approximate surface area is 153 Å². The highest BCUT2D eigenvalue weighted by Gasteiger charge is 2.07. The Morgan fingerprint density at radius 3 is 2.69 bits per heavy atom. The van der Waals surface area contributed by atoms with Crippen LogP contribution >= 0.6 is 0 Å². The molecule has 0 aliphatic rings. The Hall–Kier alpha value is -2.95. The van der Waals surface area contributed by atoms with E-state index < -0.39 is 0 Å². The molecule has 3 rings (SSSR count). The van der Waals surface area contributed by atoms with Gasteiger partial charge in [-0.25, -0.2) is 4.79 Å². The number of carbonyl (C=O) groups is 1. The van der Waals surface area contributed by atoms with Gasteiger partial charge in [0.05, 0.1) is 13.7 Å². The average molecular weight is 352 g/mol. The van der Waals surface area contributed by atoms with Crippen molar-refractivity contribution in [3.05, 3.63) is 65.4 Å². The molecular weight excluding hydrogens is 328 g/mol. The van der Waals surface area contributed by atoms with Crippen LogP contribution < -0.4 is 10.1 Å². The molecule has 2 aromatic carbocycles. The number of methoxy groups -OCH3 is 1. The number of H-pyrrole nitrogens is 1. The van der Waals surface area contributed by atoms with E-state index in [1.807, 2.05) is 24.4 Å². The standard InChI is InChI=1S/C21H24N2O3/c1-15-3-5-16(6-4-15)10-12-26-21(24)22-11-9-17-14-23-20-8-7-18(25-2)13-19(17)20/h3-8,13-14,23H,9-12H2,1-2H3,(H,22,24). The molecule has 5 nitrogen and oxygen atoms in total. The molecule has 0 fully saturated rings. The third-order valence-corrected chi connectivity index (χ3v) is 4.38. The topological polar surface area (TPSA) is 63.3 Å². The highest BCUT2D eigenvalue weighted by Crippen LogP contribution is 2.23. The highest BCUT2D eigenvalue weighted by atomic mass is 16.5. The number of nitrogens with one attached hydrogen (secondary N) is 2. The molecule has 0 saturated carbocycles. The number of aromatic amines is 1. The highest BCUT2D eigenvalue weighted by molar-refractivity contribution is 5.84. The number of ether oxygens (including phenoxy) is 2. The van der Waals surface area contributed by atoms with Gasteiger partial charge in [0.25, 0.3) is 0 Å². The number of aryl methyl sites for hydroxylation is 1. The minimum Gasteiger partial charge on any atom is -0.497 e. The summed E-state index contributed by atoms with van der Waals surface area (Å²) in [4.78, 5) is 15.1. The van der Waals surface area contributed by atoms with Crippen LogP contribution in [0.2, 0.25) is 0 Å². The molecule has 0 saturated heterocycles. The van der Waals surface area contributed by atoms with Crippen molar-refractivity contribution in [1.29, 1.82) is 0 Å². The first kappa shape index (κ1) is 17.9. The van der Waals surface area contributed by atoms with Crippen molar-refractivity contribution in [3.63, 3.8) is 0 Å². The van der Waals surface area contributed by atoms with E-state index in [1.165, 1.54) is 5.56 Å². The maximum Gasteiger partial charge on any atom is 0.407 e. The molecule has 0 bridgehead atoms. The Morgan fingerprint density at radius 2 is 1.92 bits per heavy atom. The van der Waals surface area contributed by atoms with Crippen LogP contribution in [0.1, 0.15) is 16.7 Å². The van der Waals surface area contributed by atoms with Crippen LogP contribution in [0.4, 0.5) is 4.79 Å². The molecule has 0 aliphatic carbocycles. The molecule has 0 radical (unpaired) electrons. The number of amides is 1. The number of aromatic nitrogens is 1. The van der Waals surface area contributed by atoms with E-state index in [1.54, 1.807) is 7.11 Å². The van der Waals surface area contributed by atoms with Gasteiger partial charge < -0.3 is 19.8 Å². The molecule has 2 N–H and O–H groups in total. The Morgan fingerprint density at radius 1 is 1.12 bits per heavy atom. The van der Waals surface area contributed by atoms with Crippen LogP contribution in [0.25, 0.3) is 10.9 Å². The molecule has 1 aromatic heterocycles. The van der Waals surface area contributed by atoms with Crippen LogP contribution in [0.3, 0.4) is 0 Å². The van der Waals surface area contributed by atoms with Gasteiger partial charge in [-0.05, 0) is 42.7 Å². The summed E-state index contributed by atoms with van der Waals surface area (Å²) in [7, 11) is 1.65. The lowest BCUT2D eigenvalue weighted by molar-refractivity contribution is 0.147. The zero-order valence-corrected chi connectivity index (χ0v) is 15.2. The minimum absolute atomic E-state index is 0.374. The molecule has 1 amide bonds. The zero-order valence-electron chi connectivity index (χ0n) is 15.2. The first-order valence-electron chi connectivity index (χ1n) is 8.76. The summed E-state index contributed by atoms with van der Waals surface area (Å²) in [6.45, 7) is 2.95. The lowest BCUT2D eigenvalue weighted by Crippen LogP contribution is -2.27. The molecule has 136 valence electrons. The van der Waals surface area contributed by atoms with Gasteiger partial charge in [-0.15, -0.1) is 0 Å². The molecule has 26 heavy (non-hydrogen) atoms. The van der Waals surface area contributed by atoms with Gasteiger partial charge in [-0.2, -0.15) is 0 Å². The average Bonchev–Trinajstić information content (AvgIpc) is 3.05. The van der Waals surface area contributed by atoms with Crippen molar-refractivity contribution in [2.45, 2.75) is 19.8 Å². The van der Waals surface area contributed by atoms with Gasteiger partial charge in [-0.3, -0.25) is 0 Å². The monoisotopic (exact) mass is 352 g/mol. The molecule has 1 heterocycles. The summed E-state index contributed by atoms with van der Waals surface area (Å²) >= 11 is 0. The maximum absolute atomic E-state index is 11.8. The van der Waals surface area contributed by atoms with E-state index >= 15 is 0 Å². The number of benzene rings is 2. The number of alkyl carbamates (subject to hydrolysis) is 1. The number of carbonyl (C=O) groups excluding carboxylic acids is 1. The van der Waals surface area contributed by atoms with Crippen LogP contribution in [-0.2, 0) is 17.6 Å². The van der Waals surface area contributed by atoms with E-state index in [4.69, 9.17) is 9.47 Å². The van der Waals surface area contributed by atoms with Gasteiger partial charge in [0, 0.05) is 30.1 Å². The smallest absolute Gasteiger partial charge is 0.407 e. The lowest BCUT2D eigenvalue weighted by Gasteiger charge is -2.07. The summed E-state index contributed by atoms with van der Waals surface area (Å²) in [6.07, 6.45) is 3.03. The van der Waals surface area contributed by atoms with Crippen LogP contribution in [0.5, 0.6) is 5.75 Å². The summed E-state index contributed by atoms with van der Waals surface area (Å²) in [5, 5.41) is 3.91. The fourth-order valence-electron chi connectivity index (χ4n) is 2.86. The Kier molecular flexibility index (Phi) is 5.79. The van der Waals surface area contributed by atoms with Gasteiger partial charge in [0.1, 0.15) is 5.75 Å². The van der Waals surface area contributed by atoms with Crippen LogP contribution in [0, 0.1) is 6.92 Å². The van der Waals surface area contributed by atoms with Gasteiger partial charge in [0.15, 0.2) is 0 Å². The second-order valence-electron chi connectivity index (χ2n) is 6.27. The summed E-state index contributed by atoms with van der Waals surface area (Å²) < 4.78 is 10.5. The van der Waals surface area contributed by atoms with E-state index in [0.29, 0.717) is 13.2 Å². The second kappa shape index (κ2) is 8.43. The summed E-state index contributed by atoms with van der Waals surface area (Å²) in [5.74, 6) is 0.821. The Bertz CT molecular complexity index is 869. The molecule has 0 aliphatic heterocycles. The fourth-order valence-corrected chi connectivity index (χ4v) is 2.86. The largest absolute Gasteiger partial charge is 0.497 e. The third-order valence-electron chi connectivity index (χ3n) is 4.38. The first-order chi connectivity index (χ1) is 12.7. The summed E-state index contributed by atoms with van der Waals surface area (Å²) in [5.41, 5.74) is 4.58. The molecule has 3 aromatic rings. The van der Waals surface area contributed by atoms with Gasteiger partial charge in [0.2, 0.25) is 0 Å². The predicted molar refractivity (Wildman–Crippen MR) is 103 cm³/mol. The number of hydrogen-bond acceptors (Lipinski definition) is 3. The zero-order chi connectivity index (χ0) is 18.4. The molecule has 5 heteroatoms. The van der Waals surface area contributed by atoms with Crippen molar-refractivity contribution in [2.75, 3.05) is 20.3 Å². The Balaban J connectivity index is 1.43. The number of hydrogen-bond donors (Lipinski definition) is 2.